The highest BCUT2D eigenvalue weighted by molar-refractivity contribution is 7.99. The van der Waals surface area contributed by atoms with Crippen molar-refractivity contribution >= 4 is 29.1 Å². The van der Waals surface area contributed by atoms with Crippen LogP contribution in [-0.2, 0) is 7.05 Å². The molecule has 0 aliphatic heterocycles. The molecule has 0 atom stereocenters. The number of hydrogen-bond acceptors (Lipinski definition) is 3. The van der Waals surface area contributed by atoms with Crippen LogP contribution in [0.1, 0.15) is 10.5 Å². The lowest BCUT2D eigenvalue weighted by Gasteiger charge is -1.99. The third-order valence-corrected chi connectivity index (χ3v) is 2.26. The summed E-state index contributed by atoms with van der Waals surface area (Å²) in [6.07, 6.45) is 3.36. The van der Waals surface area contributed by atoms with Crippen molar-refractivity contribution in [2.45, 2.75) is 0 Å². The lowest BCUT2D eigenvalue weighted by Crippen LogP contribution is -2.09. The van der Waals surface area contributed by atoms with E-state index >= 15 is 0 Å². The van der Waals surface area contributed by atoms with Crippen LogP contribution in [-0.4, -0.2) is 27.6 Å². The summed E-state index contributed by atoms with van der Waals surface area (Å²) in [6.45, 7) is 0. The highest BCUT2D eigenvalue weighted by Crippen LogP contribution is 2.15. The molecule has 0 aliphatic rings. The minimum absolute atomic E-state index is 0.0208. The van der Waals surface area contributed by atoms with Crippen LogP contribution >= 0.6 is 23.4 Å². The number of nitrogens with zero attached hydrogens (tertiary/aromatic N) is 2. The van der Waals surface area contributed by atoms with Gasteiger partial charge in [-0.3, -0.25) is 9.48 Å². The molecule has 0 fully saturated rings. The molecule has 0 saturated carbocycles. The fourth-order valence-corrected chi connectivity index (χ4v) is 1.59. The average Bonchev–Trinajstić information content (AvgIpc) is 2.32. The Morgan fingerprint density at radius 3 is 2.92 bits per heavy atom. The van der Waals surface area contributed by atoms with Gasteiger partial charge in [-0.2, -0.15) is 16.9 Å². The van der Waals surface area contributed by atoms with Crippen molar-refractivity contribution in [3.8, 4) is 0 Å². The van der Waals surface area contributed by atoms with Gasteiger partial charge in [0, 0.05) is 7.05 Å². The molecule has 0 unspecified atom stereocenters. The first-order valence-corrected chi connectivity index (χ1v) is 5.13. The average molecular weight is 205 g/mol. The van der Waals surface area contributed by atoms with Gasteiger partial charge in [0.25, 0.3) is 0 Å². The molecule has 0 aromatic carbocycles. The number of rotatable bonds is 3. The molecule has 0 amide bonds. The second-order valence-corrected chi connectivity index (χ2v) is 3.59. The first-order chi connectivity index (χ1) is 5.66. The van der Waals surface area contributed by atoms with E-state index in [9.17, 15) is 4.79 Å². The molecule has 0 radical (unpaired) electrons. The Labute approximate surface area is 80.1 Å². The number of aromatic nitrogens is 2. The highest BCUT2D eigenvalue weighted by Gasteiger charge is 2.14. The van der Waals surface area contributed by atoms with Crippen molar-refractivity contribution in [1.82, 2.24) is 9.78 Å². The molecule has 66 valence electrons. The van der Waals surface area contributed by atoms with E-state index in [2.05, 4.69) is 5.10 Å². The molecule has 1 aromatic heterocycles. The first kappa shape index (κ1) is 9.61. The van der Waals surface area contributed by atoms with Crippen LogP contribution < -0.4 is 0 Å². The summed E-state index contributed by atoms with van der Waals surface area (Å²) in [5, 5.41) is 4.30. The first-order valence-electron chi connectivity index (χ1n) is 3.36. The lowest BCUT2D eigenvalue weighted by molar-refractivity contribution is 0.101. The van der Waals surface area contributed by atoms with E-state index in [4.69, 9.17) is 11.6 Å². The molecule has 1 heterocycles. The van der Waals surface area contributed by atoms with Crippen molar-refractivity contribution in [3.05, 3.63) is 16.9 Å². The van der Waals surface area contributed by atoms with Crippen molar-refractivity contribution in [1.29, 1.82) is 0 Å². The Bertz CT molecular complexity index is 278. The van der Waals surface area contributed by atoms with Crippen LogP contribution in [0.15, 0.2) is 6.20 Å². The van der Waals surface area contributed by atoms with Crippen LogP contribution in [0.3, 0.4) is 0 Å². The van der Waals surface area contributed by atoms with Gasteiger partial charge in [-0.05, 0) is 6.26 Å². The largest absolute Gasteiger partial charge is 0.291 e. The van der Waals surface area contributed by atoms with Crippen molar-refractivity contribution in [3.63, 3.8) is 0 Å². The van der Waals surface area contributed by atoms with Crippen LogP contribution in [0.4, 0.5) is 0 Å². The fourth-order valence-electron chi connectivity index (χ4n) is 0.924. The maximum absolute atomic E-state index is 11.4. The third kappa shape index (κ3) is 1.81. The molecule has 0 N–H and O–H groups in total. The summed E-state index contributed by atoms with van der Waals surface area (Å²) in [6, 6.07) is 0. The number of carbonyl (C=O) groups excluding carboxylic acids is 1. The molecule has 0 bridgehead atoms. The molecule has 0 spiro atoms. The van der Waals surface area contributed by atoms with Gasteiger partial charge in [-0.1, -0.05) is 11.6 Å². The van der Waals surface area contributed by atoms with Gasteiger partial charge >= 0.3 is 0 Å². The van der Waals surface area contributed by atoms with Gasteiger partial charge in [0.05, 0.1) is 17.0 Å². The van der Waals surface area contributed by atoms with E-state index < -0.39 is 0 Å². The summed E-state index contributed by atoms with van der Waals surface area (Å²) in [4.78, 5) is 11.4. The molecule has 1 rings (SSSR count). The number of Topliss-reactive ketones (excluding diaryl/α,β-unsaturated/α-hetero) is 1. The molecule has 0 aliphatic carbocycles. The molecular formula is C7H9ClN2OS. The number of aryl methyl sites for hydroxylation is 1. The normalized spacial score (nSPS) is 10.2. The van der Waals surface area contributed by atoms with Gasteiger partial charge in [-0.25, -0.2) is 0 Å². The molecular weight excluding hydrogens is 196 g/mol. The Hall–Kier alpha value is -0.480. The Morgan fingerprint density at radius 1 is 1.83 bits per heavy atom. The summed E-state index contributed by atoms with van der Waals surface area (Å²) in [7, 11) is 1.71. The second-order valence-electron chi connectivity index (χ2n) is 2.32. The Morgan fingerprint density at radius 2 is 2.50 bits per heavy atom. The summed E-state index contributed by atoms with van der Waals surface area (Å²) < 4.78 is 1.50. The summed E-state index contributed by atoms with van der Waals surface area (Å²) in [5.41, 5.74) is 0.492. The molecule has 12 heavy (non-hydrogen) atoms. The number of ketones is 1. The van der Waals surface area contributed by atoms with E-state index in [1.54, 1.807) is 7.05 Å². The van der Waals surface area contributed by atoms with Crippen LogP contribution in [0.5, 0.6) is 0 Å². The van der Waals surface area contributed by atoms with Crippen molar-refractivity contribution in [2.24, 2.45) is 7.05 Å². The smallest absolute Gasteiger partial charge is 0.192 e. The van der Waals surface area contributed by atoms with E-state index in [-0.39, 0.29) is 5.78 Å². The Kier molecular flexibility index (Phi) is 3.17. The lowest BCUT2D eigenvalue weighted by atomic mass is 10.3. The number of halogens is 1. The summed E-state index contributed by atoms with van der Waals surface area (Å²) in [5.74, 6) is 0.465. The predicted molar refractivity (Wildman–Crippen MR) is 50.9 cm³/mol. The minimum Gasteiger partial charge on any atom is -0.291 e. The molecule has 0 saturated heterocycles. The minimum atomic E-state index is 0.0208. The standard InChI is InChI=1S/C7H9ClN2OS/c1-10-7(5(8)3-9-10)6(11)4-12-2/h3H,4H2,1-2H3. The van der Waals surface area contributed by atoms with E-state index in [0.717, 1.165) is 0 Å². The van der Waals surface area contributed by atoms with Gasteiger partial charge in [0.1, 0.15) is 5.69 Å². The maximum atomic E-state index is 11.4. The van der Waals surface area contributed by atoms with Gasteiger partial charge in [-0.15, -0.1) is 0 Å². The monoisotopic (exact) mass is 204 g/mol. The van der Waals surface area contributed by atoms with Crippen LogP contribution in [0, 0.1) is 0 Å². The van der Waals surface area contributed by atoms with E-state index in [1.165, 1.54) is 22.6 Å². The van der Waals surface area contributed by atoms with Gasteiger partial charge in [0.15, 0.2) is 5.78 Å². The predicted octanol–water partition coefficient (Wildman–Crippen LogP) is 1.62. The van der Waals surface area contributed by atoms with Crippen molar-refractivity contribution in [2.75, 3.05) is 12.0 Å². The maximum Gasteiger partial charge on any atom is 0.192 e. The van der Waals surface area contributed by atoms with Crippen molar-refractivity contribution < 1.29 is 4.79 Å². The Balaban J connectivity index is 2.93. The number of carbonyl (C=O) groups is 1. The summed E-state index contributed by atoms with van der Waals surface area (Å²) >= 11 is 7.24. The van der Waals surface area contributed by atoms with Gasteiger partial charge < -0.3 is 0 Å². The zero-order valence-electron chi connectivity index (χ0n) is 6.87. The van der Waals surface area contributed by atoms with Crippen LogP contribution in [0.25, 0.3) is 0 Å². The van der Waals surface area contributed by atoms with Gasteiger partial charge in [0.2, 0.25) is 0 Å². The molecule has 1 aromatic rings. The van der Waals surface area contributed by atoms with E-state index in [1.807, 2.05) is 6.26 Å². The second kappa shape index (κ2) is 3.96. The van der Waals surface area contributed by atoms with E-state index in [0.29, 0.717) is 16.5 Å². The topological polar surface area (TPSA) is 34.9 Å². The number of hydrogen-bond donors (Lipinski definition) is 0. The fraction of sp³-hybridized carbons (Fsp3) is 0.429. The molecule has 3 nitrogen and oxygen atoms in total. The highest BCUT2D eigenvalue weighted by atomic mass is 35.5. The zero-order valence-corrected chi connectivity index (χ0v) is 8.45. The SMILES string of the molecule is CSCC(=O)c1c(Cl)cnn1C. The third-order valence-electron chi connectivity index (χ3n) is 1.43. The quantitative estimate of drug-likeness (QED) is 0.702. The molecule has 5 heteroatoms. The van der Waals surface area contributed by atoms with Crippen LogP contribution in [0.2, 0.25) is 5.02 Å². The zero-order chi connectivity index (χ0) is 9.14. The number of thioether (sulfide) groups is 1.